The van der Waals surface area contributed by atoms with Crippen molar-refractivity contribution in [2.24, 2.45) is 0 Å². The maximum absolute atomic E-state index is 10.5. The number of aliphatic carboxylic acids is 1. The standard InChI is InChI=1S/C15H13NO2S/c17-15(18)8-7-12-4-3-5-13(10-12)11-19-14-6-1-2-9-16-14/h1-10H,11H2,(H,17,18)/b8-7+. The van der Waals surface area contributed by atoms with Crippen molar-refractivity contribution in [3.8, 4) is 0 Å². The van der Waals surface area contributed by atoms with Crippen molar-refractivity contribution in [3.63, 3.8) is 0 Å². The van der Waals surface area contributed by atoms with Crippen LogP contribution in [0.15, 0.2) is 59.8 Å². The van der Waals surface area contributed by atoms with Crippen molar-refractivity contribution in [2.75, 3.05) is 0 Å². The Morgan fingerprint density at radius 3 is 2.89 bits per heavy atom. The summed E-state index contributed by atoms with van der Waals surface area (Å²) in [7, 11) is 0. The Morgan fingerprint density at radius 2 is 2.16 bits per heavy atom. The molecule has 0 unspecified atom stereocenters. The Kier molecular flexibility index (Phi) is 4.75. The second-order valence-corrected chi connectivity index (χ2v) is 4.87. The summed E-state index contributed by atoms with van der Waals surface area (Å²) in [6, 6.07) is 13.6. The van der Waals surface area contributed by atoms with Gasteiger partial charge in [-0.15, -0.1) is 11.8 Å². The maximum Gasteiger partial charge on any atom is 0.328 e. The molecule has 1 heterocycles. The lowest BCUT2D eigenvalue weighted by molar-refractivity contribution is -0.131. The summed E-state index contributed by atoms with van der Waals surface area (Å²) in [6.07, 6.45) is 4.51. The molecule has 96 valence electrons. The van der Waals surface area contributed by atoms with E-state index in [1.54, 1.807) is 24.0 Å². The molecule has 0 amide bonds. The third-order valence-electron chi connectivity index (χ3n) is 2.39. The molecule has 0 aliphatic rings. The number of nitrogens with zero attached hydrogens (tertiary/aromatic N) is 1. The molecule has 0 bridgehead atoms. The van der Waals surface area contributed by atoms with Crippen LogP contribution in [-0.2, 0) is 10.5 Å². The minimum Gasteiger partial charge on any atom is -0.478 e. The predicted molar refractivity (Wildman–Crippen MR) is 76.9 cm³/mol. The second kappa shape index (κ2) is 6.75. The smallest absolute Gasteiger partial charge is 0.328 e. The lowest BCUT2D eigenvalue weighted by Crippen LogP contribution is -1.87. The van der Waals surface area contributed by atoms with Gasteiger partial charge in [-0.05, 0) is 29.3 Å². The van der Waals surface area contributed by atoms with Gasteiger partial charge in [-0.1, -0.05) is 30.3 Å². The van der Waals surface area contributed by atoms with Crippen LogP contribution in [0.3, 0.4) is 0 Å². The van der Waals surface area contributed by atoms with Gasteiger partial charge in [0.15, 0.2) is 0 Å². The molecule has 1 N–H and O–H groups in total. The summed E-state index contributed by atoms with van der Waals surface area (Å²) in [5.41, 5.74) is 2.03. The highest BCUT2D eigenvalue weighted by atomic mass is 32.2. The van der Waals surface area contributed by atoms with Crippen LogP contribution >= 0.6 is 11.8 Å². The average molecular weight is 271 g/mol. The summed E-state index contributed by atoms with van der Waals surface area (Å²) >= 11 is 1.66. The molecule has 1 aromatic carbocycles. The van der Waals surface area contributed by atoms with Crippen LogP contribution in [0.4, 0.5) is 0 Å². The summed E-state index contributed by atoms with van der Waals surface area (Å²) in [6.45, 7) is 0. The molecule has 0 spiro atoms. The normalized spacial score (nSPS) is 10.7. The number of thioether (sulfide) groups is 1. The van der Waals surface area contributed by atoms with E-state index in [0.717, 1.165) is 28.0 Å². The Morgan fingerprint density at radius 1 is 1.26 bits per heavy atom. The van der Waals surface area contributed by atoms with Gasteiger partial charge in [-0.3, -0.25) is 0 Å². The molecule has 0 saturated carbocycles. The highest BCUT2D eigenvalue weighted by Crippen LogP contribution is 2.21. The topological polar surface area (TPSA) is 50.2 Å². The number of hydrogen-bond acceptors (Lipinski definition) is 3. The summed E-state index contributed by atoms with van der Waals surface area (Å²) < 4.78 is 0. The first-order valence-corrected chi connectivity index (χ1v) is 6.76. The van der Waals surface area contributed by atoms with Crippen LogP contribution in [0.2, 0.25) is 0 Å². The minimum absolute atomic E-state index is 0.811. The summed E-state index contributed by atoms with van der Waals surface area (Å²) in [4.78, 5) is 14.7. The van der Waals surface area contributed by atoms with E-state index in [9.17, 15) is 4.79 Å². The largest absolute Gasteiger partial charge is 0.478 e. The van der Waals surface area contributed by atoms with Gasteiger partial charge in [0, 0.05) is 18.0 Å². The van der Waals surface area contributed by atoms with Gasteiger partial charge >= 0.3 is 5.97 Å². The fourth-order valence-electron chi connectivity index (χ4n) is 1.54. The SMILES string of the molecule is O=C(O)/C=C/c1cccc(CSc2ccccn2)c1. The molecule has 0 atom stereocenters. The van der Waals surface area contributed by atoms with Crippen LogP contribution in [0.1, 0.15) is 11.1 Å². The van der Waals surface area contributed by atoms with Crippen molar-refractivity contribution >= 4 is 23.8 Å². The fraction of sp³-hybridized carbons (Fsp3) is 0.0667. The number of pyridine rings is 1. The lowest BCUT2D eigenvalue weighted by atomic mass is 10.1. The predicted octanol–water partition coefficient (Wildman–Crippen LogP) is 3.47. The number of carbonyl (C=O) groups is 1. The van der Waals surface area contributed by atoms with E-state index in [1.165, 1.54) is 0 Å². The molecule has 2 rings (SSSR count). The van der Waals surface area contributed by atoms with Gasteiger partial charge in [0.25, 0.3) is 0 Å². The third-order valence-corrected chi connectivity index (χ3v) is 3.41. The molecule has 3 nitrogen and oxygen atoms in total. The van der Waals surface area contributed by atoms with Gasteiger partial charge in [-0.25, -0.2) is 9.78 Å². The molecular formula is C15H13NO2S. The van der Waals surface area contributed by atoms with E-state index in [0.29, 0.717) is 0 Å². The van der Waals surface area contributed by atoms with Crippen molar-refractivity contribution in [1.29, 1.82) is 0 Å². The van der Waals surface area contributed by atoms with Crippen LogP contribution < -0.4 is 0 Å². The third kappa shape index (κ3) is 4.60. The first-order valence-electron chi connectivity index (χ1n) is 5.78. The Labute approximate surface area is 116 Å². The number of carboxylic acids is 1. The van der Waals surface area contributed by atoms with Gasteiger partial charge in [0.2, 0.25) is 0 Å². The van der Waals surface area contributed by atoms with Gasteiger partial charge in [-0.2, -0.15) is 0 Å². The zero-order chi connectivity index (χ0) is 13.5. The zero-order valence-corrected chi connectivity index (χ0v) is 11.0. The molecule has 1 aromatic heterocycles. The van der Waals surface area contributed by atoms with Gasteiger partial charge in [0.05, 0.1) is 5.03 Å². The molecule has 0 aliphatic heterocycles. The number of benzene rings is 1. The van der Waals surface area contributed by atoms with Crippen molar-refractivity contribution < 1.29 is 9.90 Å². The maximum atomic E-state index is 10.5. The molecule has 0 aliphatic carbocycles. The Bertz CT molecular complexity index is 582. The van der Waals surface area contributed by atoms with E-state index in [2.05, 4.69) is 4.98 Å². The molecule has 2 aromatic rings. The first kappa shape index (κ1) is 13.4. The quantitative estimate of drug-likeness (QED) is 0.668. The molecule has 19 heavy (non-hydrogen) atoms. The number of rotatable bonds is 5. The molecule has 0 radical (unpaired) electrons. The van der Waals surface area contributed by atoms with E-state index >= 15 is 0 Å². The number of hydrogen-bond donors (Lipinski definition) is 1. The van der Waals surface area contributed by atoms with Gasteiger partial charge in [0.1, 0.15) is 0 Å². The van der Waals surface area contributed by atoms with Gasteiger partial charge < -0.3 is 5.11 Å². The van der Waals surface area contributed by atoms with Crippen LogP contribution in [0.25, 0.3) is 6.08 Å². The Balaban J connectivity index is 2.01. The van der Waals surface area contributed by atoms with Crippen molar-refractivity contribution in [1.82, 2.24) is 4.98 Å². The second-order valence-electron chi connectivity index (χ2n) is 3.87. The molecular weight excluding hydrogens is 258 g/mol. The molecule has 4 heteroatoms. The van der Waals surface area contributed by atoms with Crippen LogP contribution in [-0.4, -0.2) is 16.1 Å². The van der Waals surface area contributed by atoms with Crippen LogP contribution in [0.5, 0.6) is 0 Å². The summed E-state index contributed by atoms with van der Waals surface area (Å²) in [5.74, 6) is -0.126. The van der Waals surface area contributed by atoms with E-state index in [1.807, 2.05) is 42.5 Å². The fourth-order valence-corrected chi connectivity index (χ4v) is 2.35. The van der Waals surface area contributed by atoms with Crippen molar-refractivity contribution in [2.45, 2.75) is 10.8 Å². The average Bonchev–Trinajstić information content (AvgIpc) is 2.44. The van der Waals surface area contributed by atoms with Crippen molar-refractivity contribution in [3.05, 3.63) is 65.9 Å². The summed E-state index contributed by atoms with van der Waals surface area (Å²) in [5, 5.41) is 9.58. The number of aromatic nitrogens is 1. The Hall–Kier alpha value is -2.07. The highest BCUT2D eigenvalue weighted by Gasteiger charge is 1.98. The first-order chi connectivity index (χ1) is 9.24. The number of carboxylic acid groups (broad SMARTS) is 1. The van der Waals surface area contributed by atoms with E-state index < -0.39 is 5.97 Å². The monoisotopic (exact) mass is 271 g/mol. The molecule has 0 fully saturated rings. The molecule has 0 saturated heterocycles. The lowest BCUT2D eigenvalue weighted by Gasteiger charge is -2.02. The zero-order valence-electron chi connectivity index (χ0n) is 10.2. The van der Waals surface area contributed by atoms with E-state index in [4.69, 9.17) is 5.11 Å². The minimum atomic E-state index is -0.937. The van der Waals surface area contributed by atoms with Crippen LogP contribution in [0, 0.1) is 0 Å². The highest BCUT2D eigenvalue weighted by molar-refractivity contribution is 7.98. The van der Waals surface area contributed by atoms with E-state index in [-0.39, 0.29) is 0 Å².